The molecule has 0 bridgehead atoms. The highest BCUT2D eigenvalue weighted by Crippen LogP contribution is 2.00. The molecule has 0 spiro atoms. The van der Waals surface area contributed by atoms with Crippen LogP contribution in [0.5, 0.6) is 0 Å². The van der Waals surface area contributed by atoms with Crippen LogP contribution in [0.2, 0.25) is 0 Å². The van der Waals surface area contributed by atoms with E-state index in [-0.39, 0.29) is 0 Å². The van der Waals surface area contributed by atoms with Crippen LogP contribution in [0.4, 0.5) is 0 Å². The van der Waals surface area contributed by atoms with E-state index < -0.39 is 0 Å². The predicted molar refractivity (Wildman–Crippen MR) is 81.5 cm³/mol. The van der Waals surface area contributed by atoms with Crippen LogP contribution in [0.15, 0.2) is 43.0 Å². The maximum Gasteiger partial charge on any atom is -0.0281 e. The third-order valence-electron chi connectivity index (χ3n) is 2.09. The van der Waals surface area contributed by atoms with Crippen molar-refractivity contribution in [1.82, 2.24) is 0 Å². The largest absolute Gasteiger partial charge is 0.103 e. The highest BCUT2D eigenvalue weighted by atomic mass is 13.9. The molecule has 0 N–H and O–H groups in total. The van der Waals surface area contributed by atoms with E-state index in [0.717, 1.165) is 0 Å². The van der Waals surface area contributed by atoms with E-state index in [4.69, 9.17) is 0 Å². The maximum absolute atomic E-state index is 3.36. The van der Waals surface area contributed by atoms with Gasteiger partial charge in [0, 0.05) is 0 Å². The second-order valence-electron chi connectivity index (χ2n) is 4.00. The second kappa shape index (κ2) is 17.4. The topological polar surface area (TPSA) is 0 Å². The molecule has 0 fully saturated rings. The zero-order chi connectivity index (χ0) is 13.4. The van der Waals surface area contributed by atoms with E-state index >= 15 is 0 Å². The fourth-order valence-corrected chi connectivity index (χ4v) is 1.29. The average molecular weight is 234 g/mol. The monoisotopic (exact) mass is 234 g/mol. The smallest absolute Gasteiger partial charge is 0.0281 e. The lowest BCUT2D eigenvalue weighted by atomic mass is 10.1. The Kier molecular flexibility index (Phi) is 18.7. The van der Waals surface area contributed by atoms with Crippen LogP contribution in [0.25, 0.3) is 0 Å². The first-order valence-corrected chi connectivity index (χ1v) is 6.87. The number of hydrogen-bond donors (Lipinski definition) is 0. The fourth-order valence-electron chi connectivity index (χ4n) is 1.29. The number of unbranched alkanes of at least 4 members (excludes halogenated alkanes) is 2. The molecule has 0 amide bonds. The second-order valence-corrected chi connectivity index (χ2v) is 4.00. The van der Waals surface area contributed by atoms with Crippen molar-refractivity contribution in [3.05, 3.63) is 48.6 Å². The lowest BCUT2D eigenvalue weighted by Crippen LogP contribution is -1.78. The molecule has 0 aliphatic carbocycles. The molecule has 0 aliphatic rings. The first-order valence-electron chi connectivity index (χ1n) is 6.87. The first kappa shape index (κ1) is 18.3. The van der Waals surface area contributed by atoms with E-state index in [1.165, 1.54) is 37.7 Å². The SMILES string of the molecule is C=CC.CCCCC.CCCc1ccccc1. The summed E-state index contributed by atoms with van der Waals surface area (Å²) in [5, 5.41) is 0. The molecule has 0 radical (unpaired) electrons. The maximum atomic E-state index is 3.36. The fraction of sp³-hybridized carbons (Fsp3) is 0.529. The Morgan fingerprint density at radius 1 is 0.941 bits per heavy atom. The molecular formula is C17H30. The number of benzene rings is 1. The van der Waals surface area contributed by atoms with Gasteiger partial charge >= 0.3 is 0 Å². The molecule has 0 atom stereocenters. The van der Waals surface area contributed by atoms with Crippen LogP contribution in [-0.2, 0) is 6.42 Å². The summed E-state index contributed by atoms with van der Waals surface area (Å²) in [6.45, 7) is 11.9. The van der Waals surface area contributed by atoms with Crippen molar-refractivity contribution in [3.63, 3.8) is 0 Å². The minimum Gasteiger partial charge on any atom is -0.103 e. The molecule has 0 nitrogen and oxygen atoms in total. The van der Waals surface area contributed by atoms with Gasteiger partial charge in [0.25, 0.3) is 0 Å². The predicted octanol–water partition coefficient (Wildman–Crippen LogP) is 6.03. The van der Waals surface area contributed by atoms with Crippen molar-refractivity contribution < 1.29 is 0 Å². The van der Waals surface area contributed by atoms with Gasteiger partial charge in [0.1, 0.15) is 0 Å². The minimum absolute atomic E-state index is 1.21. The Hall–Kier alpha value is -1.04. The van der Waals surface area contributed by atoms with Gasteiger partial charge in [-0.1, -0.05) is 82.9 Å². The summed E-state index contributed by atoms with van der Waals surface area (Å²) < 4.78 is 0. The lowest BCUT2D eigenvalue weighted by molar-refractivity contribution is 0.772. The molecule has 0 aliphatic heterocycles. The Morgan fingerprint density at radius 2 is 1.41 bits per heavy atom. The van der Waals surface area contributed by atoms with Crippen LogP contribution < -0.4 is 0 Å². The molecule has 0 unspecified atom stereocenters. The molecule has 17 heavy (non-hydrogen) atoms. The molecule has 1 aromatic carbocycles. The molecule has 0 saturated heterocycles. The zero-order valence-electron chi connectivity index (χ0n) is 12.2. The molecule has 98 valence electrons. The van der Waals surface area contributed by atoms with Gasteiger partial charge in [0.15, 0.2) is 0 Å². The van der Waals surface area contributed by atoms with Gasteiger partial charge in [-0.3, -0.25) is 0 Å². The summed E-state index contributed by atoms with van der Waals surface area (Å²) >= 11 is 0. The van der Waals surface area contributed by atoms with Crippen molar-refractivity contribution in [1.29, 1.82) is 0 Å². The van der Waals surface area contributed by atoms with E-state index in [1.54, 1.807) is 6.08 Å². The van der Waals surface area contributed by atoms with Crippen molar-refractivity contribution in [2.24, 2.45) is 0 Å². The highest BCUT2D eigenvalue weighted by Gasteiger charge is 1.84. The summed E-state index contributed by atoms with van der Waals surface area (Å²) in [6.07, 6.45) is 8.28. The third-order valence-corrected chi connectivity index (χ3v) is 2.09. The zero-order valence-corrected chi connectivity index (χ0v) is 12.2. The average Bonchev–Trinajstić information content (AvgIpc) is 2.34. The first-order chi connectivity index (χ1) is 8.26. The van der Waals surface area contributed by atoms with Gasteiger partial charge < -0.3 is 0 Å². The Morgan fingerprint density at radius 3 is 1.71 bits per heavy atom. The van der Waals surface area contributed by atoms with E-state index in [0.29, 0.717) is 0 Å². The normalized spacial score (nSPS) is 8.24. The van der Waals surface area contributed by atoms with Gasteiger partial charge in [0.2, 0.25) is 0 Å². The molecule has 0 heterocycles. The van der Waals surface area contributed by atoms with Crippen LogP contribution in [-0.4, -0.2) is 0 Å². The van der Waals surface area contributed by atoms with E-state index in [1.807, 2.05) is 6.92 Å². The quantitative estimate of drug-likeness (QED) is 0.558. The molecule has 0 heteroatoms. The summed E-state index contributed by atoms with van der Waals surface area (Å²) in [5.41, 5.74) is 1.44. The minimum atomic E-state index is 1.21. The van der Waals surface area contributed by atoms with Crippen LogP contribution in [0, 0.1) is 0 Å². The molecule has 1 rings (SSSR count). The van der Waals surface area contributed by atoms with Crippen LogP contribution in [0.1, 0.15) is 58.9 Å². The number of aryl methyl sites for hydroxylation is 1. The molecule has 0 aromatic heterocycles. The van der Waals surface area contributed by atoms with Crippen molar-refractivity contribution in [3.8, 4) is 0 Å². The van der Waals surface area contributed by atoms with Gasteiger partial charge in [-0.15, -0.1) is 6.58 Å². The van der Waals surface area contributed by atoms with Crippen LogP contribution in [0.3, 0.4) is 0 Å². The Balaban J connectivity index is 0. The van der Waals surface area contributed by atoms with Crippen molar-refractivity contribution in [2.75, 3.05) is 0 Å². The van der Waals surface area contributed by atoms with Gasteiger partial charge in [-0.2, -0.15) is 0 Å². The molecular weight excluding hydrogens is 204 g/mol. The van der Waals surface area contributed by atoms with Gasteiger partial charge in [-0.05, 0) is 18.9 Å². The van der Waals surface area contributed by atoms with Crippen molar-refractivity contribution >= 4 is 0 Å². The number of allylic oxidation sites excluding steroid dienone is 1. The summed E-state index contributed by atoms with van der Waals surface area (Å²) in [6, 6.07) is 10.6. The number of rotatable bonds is 4. The molecule has 0 saturated carbocycles. The Bertz CT molecular complexity index is 221. The van der Waals surface area contributed by atoms with Gasteiger partial charge in [-0.25, -0.2) is 0 Å². The van der Waals surface area contributed by atoms with Crippen molar-refractivity contribution in [2.45, 2.75) is 59.8 Å². The standard InChI is InChI=1S/C9H12.C5H12.C3H6/c1-2-6-9-7-4-3-5-8-9;1-3-5-4-2;1-3-2/h3-5,7-8H,2,6H2,1H3;3-5H2,1-2H3;3H,1H2,2H3. The van der Waals surface area contributed by atoms with E-state index in [2.05, 4.69) is 57.7 Å². The number of hydrogen-bond acceptors (Lipinski definition) is 0. The summed E-state index contributed by atoms with van der Waals surface area (Å²) in [7, 11) is 0. The molecule has 1 aromatic rings. The summed E-state index contributed by atoms with van der Waals surface area (Å²) in [4.78, 5) is 0. The summed E-state index contributed by atoms with van der Waals surface area (Å²) in [5.74, 6) is 0. The van der Waals surface area contributed by atoms with Gasteiger partial charge in [0.05, 0.1) is 0 Å². The van der Waals surface area contributed by atoms with E-state index in [9.17, 15) is 0 Å². The lowest BCUT2D eigenvalue weighted by Gasteiger charge is -1.93. The van der Waals surface area contributed by atoms with Crippen LogP contribution >= 0.6 is 0 Å². The Labute approximate surface area is 109 Å². The third kappa shape index (κ3) is 17.6. The highest BCUT2D eigenvalue weighted by molar-refractivity contribution is 5.14.